The summed E-state index contributed by atoms with van der Waals surface area (Å²) >= 11 is 12.0. The molecule has 5 nitrogen and oxygen atoms in total. The average molecular weight is 440 g/mol. The molecular weight excluding hydrogens is 421 g/mol. The Balaban J connectivity index is 1.86. The van der Waals surface area contributed by atoms with Crippen LogP contribution in [0, 0.1) is 13.8 Å². The number of carbonyl (C=O) groups excluding carboxylic acids is 1. The highest BCUT2D eigenvalue weighted by Gasteiger charge is 2.31. The first kappa shape index (κ1) is 20.7. The number of anilines is 1. The number of aryl methyl sites for hydroxylation is 2. The van der Waals surface area contributed by atoms with Gasteiger partial charge < -0.3 is 9.64 Å². The number of rotatable bonds is 5. The predicted molar refractivity (Wildman–Crippen MR) is 112 cm³/mol. The van der Waals surface area contributed by atoms with Crippen LogP contribution in [-0.2, 0) is 14.6 Å². The molecule has 1 aliphatic heterocycles. The average Bonchev–Trinajstić information content (AvgIpc) is 2.97. The molecule has 0 bridgehead atoms. The van der Waals surface area contributed by atoms with Crippen LogP contribution in [0.25, 0.3) is 0 Å². The standard InChI is InChI=1S/C20H19Cl2NO4S/c1-13-3-5-16(9-14(13)2)23(17-7-8-28(25,26)12-17)20(24)11-27-19-6-4-15(21)10-18(19)22/h3-10,17H,11-12H2,1-2H3. The Morgan fingerprint density at radius 1 is 1.14 bits per heavy atom. The van der Waals surface area contributed by atoms with Crippen molar-refractivity contribution in [3.63, 3.8) is 0 Å². The Kier molecular flexibility index (Phi) is 6.03. The number of benzene rings is 2. The van der Waals surface area contributed by atoms with Crippen LogP contribution in [0.4, 0.5) is 5.69 Å². The van der Waals surface area contributed by atoms with Crippen LogP contribution in [0.2, 0.25) is 10.0 Å². The molecule has 0 fully saturated rings. The van der Waals surface area contributed by atoms with Gasteiger partial charge in [-0.05, 0) is 61.4 Å². The van der Waals surface area contributed by atoms with E-state index in [-0.39, 0.29) is 18.3 Å². The summed E-state index contributed by atoms with van der Waals surface area (Å²) in [4.78, 5) is 14.4. The van der Waals surface area contributed by atoms with Crippen LogP contribution < -0.4 is 9.64 Å². The van der Waals surface area contributed by atoms with E-state index in [9.17, 15) is 13.2 Å². The zero-order valence-corrected chi connectivity index (χ0v) is 17.7. The highest BCUT2D eigenvalue weighted by Crippen LogP contribution is 2.29. The first-order chi connectivity index (χ1) is 13.2. The predicted octanol–water partition coefficient (Wildman–Crippen LogP) is 4.33. The zero-order chi connectivity index (χ0) is 20.5. The van der Waals surface area contributed by atoms with Crippen LogP contribution in [0.1, 0.15) is 11.1 Å². The Bertz CT molecular complexity index is 1050. The smallest absolute Gasteiger partial charge is 0.265 e. The number of sulfone groups is 1. The van der Waals surface area contributed by atoms with E-state index in [2.05, 4.69) is 0 Å². The minimum atomic E-state index is -3.33. The van der Waals surface area contributed by atoms with E-state index in [1.807, 2.05) is 26.0 Å². The fraction of sp³-hybridized carbons (Fsp3) is 0.250. The molecule has 0 saturated carbocycles. The first-order valence-electron chi connectivity index (χ1n) is 8.54. The van der Waals surface area contributed by atoms with Crippen LogP contribution in [0.15, 0.2) is 47.9 Å². The van der Waals surface area contributed by atoms with E-state index >= 15 is 0 Å². The van der Waals surface area contributed by atoms with E-state index in [1.165, 1.54) is 17.0 Å². The lowest BCUT2D eigenvalue weighted by atomic mass is 10.1. The molecular formula is C20H19Cl2NO4S. The molecule has 28 heavy (non-hydrogen) atoms. The normalized spacial score (nSPS) is 17.5. The summed E-state index contributed by atoms with van der Waals surface area (Å²) in [5, 5.41) is 1.90. The first-order valence-corrected chi connectivity index (χ1v) is 11.0. The van der Waals surface area contributed by atoms with Gasteiger partial charge in [-0.25, -0.2) is 8.42 Å². The van der Waals surface area contributed by atoms with Gasteiger partial charge in [0.1, 0.15) is 5.75 Å². The van der Waals surface area contributed by atoms with Gasteiger partial charge in [-0.3, -0.25) is 4.79 Å². The molecule has 0 N–H and O–H groups in total. The largest absolute Gasteiger partial charge is 0.482 e. The van der Waals surface area contributed by atoms with Crippen molar-refractivity contribution in [1.29, 1.82) is 0 Å². The van der Waals surface area contributed by atoms with Crippen molar-refractivity contribution in [2.75, 3.05) is 17.3 Å². The number of carbonyl (C=O) groups is 1. The van der Waals surface area contributed by atoms with Gasteiger partial charge in [-0.15, -0.1) is 0 Å². The Morgan fingerprint density at radius 3 is 2.50 bits per heavy atom. The minimum Gasteiger partial charge on any atom is -0.482 e. The molecule has 1 heterocycles. The van der Waals surface area contributed by atoms with Gasteiger partial charge in [0.15, 0.2) is 16.4 Å². The number of nitrogens with zero attached hydrogens (tertiary/aromatic N) is 1. The van der Waals surface area contributed by atoms with Crippen molar-refractivity contribution in [1.82, 2.24) is 0 Å². The van der Waals surface area contributed by atoms with Crippen molar-refractivity contribution in [2.45, 2.75) is 19.9 Å². The van der Waals surface area contributed by atoms with Gasteiger partial charge in [-0.1, -0.05) is 29.3 Å². The molecule has 8 heteroatoms. The summed E-state index contributed by atoms with van der Waals surface area (Å²) in [5.41, 5.74) is 2.70. The zero-order valence-electron chi connectivity index (χ0n) is 15.4. The molecule has 2 aromatic rings. The van der Waals surface area contributed by atoms with Crippen molar-refractivity contribution in [2.24, 2.45) is 0 Å². The van der Waals surface area contributed by atoms with Crippen molar-refractivity contribution >= 4 is 44.6 Å². The summed E-state index contributed by atoms with van der Waals surface area (Å²) < 4.78 is 29.3. The van der Waals surface area contributed by atoms with Crippen molar-refractivity contribution in [3.05, 3.63) is 69.1 Å². The Labute approximate surface area is 174 Å². The molecule has 1 unspecified atom stereocenters. The lowest BCUT2D eigenvalue weighted by Gasteiger charge is -2.28. The maximum Gasteiger partial charge on any atom is 0.265 e. The number of hydrogen-bond acceptors (Lipinski definition) is 4. The highest BCUT2D eigenvalue weighted by atomic mass is 35.5. The van der Waals surface area contributed by atoms with Crippen LogP contribution >= 0.6 is 23.2 Å². The number of halogens is 2. The van der Waals surface area contributed by atoms with E-state index in [0.717, 1.165) is 16.5 Å². The van der Waals surface area contributed by atoms with Gasteiger partial charge in [0, 0.05) is 16.1 Å². The van der Waals surface area contributed by atoms with E-state index < -0.39 is 15.9 Å². The maximum atomic E-state index is 13.0. The summed E-state index contributed by atoms with van der Waals surface area (Å²) in [6.45, 7) is 3.61. The molecule has 0 spiro atoms. The highest BCUT2D eigenvalue weighted by molar-refractivity contribution is 7.94. The van der Waals surface area contributed by atoms with Crippen molar-refractivity contribution in [3.8, 4) is 5.75 Å². The second-order valence-corrected chi connectivity index (χ2v) is 9.40. The molecule has 0 aliphatic carbocycles. The Hall–Kier alpha value is -2.02. The van der Waals surface area contributed by atoms with Crippen LogP contribution in [0.5, 0.6) is 5.75 Å². The van der Waals surface area contributed by atoms with Gasteiger partial charge >= 0.3 is 0 Å². The molecule has 0 radical (unpaired) electrons. The van der Waals surface area contributed by atoms with E-state index in [4.69, 9.17) is 27.9 Å². The fourth-order valence-electron chi connectivity index (χ4n) is 2.92. The third-order valence-electron chi connectivity index (χ3n) is 4.53. The lowest BCUT2D eigenvalue weighted by Crippen LogP contribution is -2.43. The summed E-state index contributed by atoms with van der Waals surface area (Å²) in [7, 11) is -3.33. The maximum absolute atomic E-state index is 13.0. The second kappa shape index (κ2) is 8.15. The summed E-state index contributed by atoms with van der Waals surface area (Å²) in [6, 6.07) is 9.68. The van der Waals surface area contributed by atoms with Gasteiger partial charge in [0.2, 0.25) is 0 Å². The number of amides is 1. The van der Waals surface area contributed by atoms with Crippen LogP contribution in [-0.4, -0.2) is 32.7 Å². The molecule has 0 aromatic heterocycles. The molecule has 148 valence electrons. The lowest BCUT2D eigenvalue weighted by molar-refractivity contribution is -0.120. The molecule has 3 rings (SSSR count). The van der Waals surface area contributed by atoms with E-state index in [1.54, 1.807) is 18.2 Å². The van der Waals surface area contributed by atoms with Gasteiger partial charge in [-0.2, -0.15) is 0 Å². The molecule has 1 atom stereocenters. The summed E-state index contributed by atoms with van der Waals surface area (Å²) in [6.07, 6.45) is 1.53. The molecule has 1 aliphatic rings. The molecule has 0 saturated heterocycles. The third-order valence-corrected chi connectivity index (χ3v) is 6.43. The number of hydrogen-bond donors (Lipinski definition) is 0. The summed E-state index contributed by atoms with van der Waals surface area (Å²) in [5.74, 6) is -0.206. The van der Waals surface area contributed by atoms with Crippen LogP contribution in [0.3, 0.4) is 0 Å². The van der Waals surface area contributed by atoms with Crippen molar-refractivity contribution < 1.29 is 17.9 Å². The quantitative estimate of drug-likeness (QED) is 0.694. The number of ether oxygens (including phenoxy) is 1. The van der Waals surface area contributed by atoms with E-state index in [0.29, 0.717) is 21.5 Å². The third kappa shape index (κ3) is 4.69. The Morgan fingerprint density at radius 2 is 1.89 bits per heavy atom. The second-order valence-electron chi connectivity index (χ2n) is 6.62. The fourth-order valence-corrected chi connectivity index (χ4v) is 4.65. The minimum absolute atomic E-state index is 0.159. The van der Waals surface area contributed by atoms with Gasteiger partial charge in [0.25, 0.3) is 5.91 Å². The molecule has 2 aromatic carbocycles. The SMILES string of the molecule is Cc1ccc(N(C(=O)COc2ccc(Cl)cc2Cl)C2C=CS(=O)(=O)C2)cc1C. The molecule has 1 amide bonds. The monoisotopic (exact) mass is 439 g/mol. The van der Waals surface area contributed by atoms with Gasteiger partial charge in [0.05, 0.1) is 16.8 Å². The topological polar surface area (TPSA) is 63.7 Å².